The Morgan fingerprint density at radius 2 is 0.771 bits per heavy atom. The number of aromatic nitrogens is 1. The van der Waals surface area contributed by atoms with Crippen LogP contribution in [-0.4, -0.2) is 4.57 Å². The second-order valence-corrected chi connectivity index (χ2v) is 17.8. The Morgan fingerprint density at radius 3 is 1.43 bits per heavy atom. The van der Waals surface area contributed by atoms with Crippen LogP contribution in [0.5, 0.6) is 0 Å². The number of benzene rings is 12. The van der Waals surface area contributed by atoms with E-state index in [1.54, 1.807) is 0 Å². The van der Waals surface area contributed by atoms with E-state index in [2.05, 4.69) is 222 Å². The van der Waals surface area contributed by atoms with E-state index < -0.39 is 6.04 Å². The molecule has 0 saturated carbocycles. The van der Waals surface area contributed by atoms with E-state index in [-0.39, 0.29) is 29.7 Å². The Bertz CT molecular complexity index is 4240. The maximum absolute atomic E-state index is 8.72. The van der Waals surface area contributed by atoms with Gasteiger partial charge in [-0.2, -0.15) is 0 Å². The third kappa shape index (κ3) is 7.49. The summed E-state index contributed by atoms with van der Waals surface area (Å²) < 4.78 is 44.8. The Labute approximate surface area is 415 Å². The van der Waals surface area contributed by atoms with Crippen molar-refractivity contribution in [2.24, 2.45) is 0 Å². The molecule has 0 aliphatic carbocycles. The maximum atomic E-state index is 8.72. The van der Waals surface area contributed by atoms with Gasteiger partial charge in [0.25, 0.3) is 0 Å². The lowest BCUT2D eigenvalue weighted by Crippen LogP contribution is -2.10. The molecule has 0 unspecified atom stereocenters. The number of fused-ring (bicyclic) bond motifs is 6. The van der Waals surface area contributed by atoms with Crippen molar-refractivity contribution < 1.29 is 6.85 Å². The van der Waals surface area contributed by atoms with Gasteiger partial charge in [-0.15, -0.1) is 0 Å². The summed E-state index contributed by atoms with van der Waals surface area (Å²) in [5, 5.41) is 7.22. The topological polar surface area (TPSA) is 8.17 Å². The van der Waals surface area contributed by atoms with Crippen LogP contribution in [0.1, 0.15) is 6.85 Å². The van der Waals surface area contributed by atoms with Gasteiger partial charge in [0.05, 0.1) is 17.9 Å². The lowest BCUT2D eigenvalue weighted by Gasteiger charge is -2.27. The van der Waals surface area contributed by atoms with Crippen LogP contribution in [0.4, 0.5) is 17.1 Å². The average molecular weight is 896 g/mol. The Kier molecular flexibility index (Phi) is 8.94. The first-order chi connectivity index (χ1) is 36.8. The van der Waals surface area contributed by atoms with E-state index in [9.17, 15) is 0 Å². The molecule has 328 valence electrons. The molecule has 0 bridgehead atoms. The van der Waals surface area contributed by atoms with Crippen molar-refractivity contribution in [1.82, 2.24) is 4.57 Å². The molecule has 2 nitrogen and oxygen atoms in total. The van der Waals surface area contributed by atoms with E-state index in [0.29, 0.717) is 5.56 Å². The summed E-state index contributed by atoms with van der Waals surface area (Å²) in [5.41, 5.74) is 15.6. The molecule has 0 fully saturated rings. The predicted molar refractivity (Wildman–Crippen MR) is 298 cm³/mol. The average Bonchev–Trinajstić information content (AvgIpc) is 3.84. The van der Waals surface area contributed by atoms with Gasteiger partial charge in [0.15, 0.2) is 0 Å². The molecular weight excluding hydrogens is 845 g/mol. The van der Waals surface area contributed by atoms with Gasteiger partial charge in [0, 0.05) is 38.9 Å². The van der Waals surface area contributed by atoms with Crippen LogP contribution >= 0.6 is 0 Å². The molecule has 0 radical (unpaired) electrons. The quantitative estimate of drug-likeness (QED) is 0.140. The summed E-state index contributed by atoms with van der Waals surface area (Å²) in [7, 11) is 0. The van der Waals surface area contributed by atoms with Crippen LogP contribution in [0, 0.1) is 0 Å². The van der Waals surface area contributed by atoms with Crippen LogP contribution in [-0.2, 0) is 0 Å². The molecule has 70 heavy (non-hydrogen) atoms. The fourth-order valence-electron chi connectivity index (χ4n) is 10.2. The lowest BCUT2D eigenvalue weighted by molar-refractivity contribution is 1.19. The molecule has 2 heteroatoms. The Hall–Kier alpha value is -9.24. The van der Waals surface area contributed by atoms with Gasteiger partial charge in [0.1, 0.15) is 0 Å². The molecular formula is C68H46N2. The normalized spacial score (nSPS) is 12.4. The zero-order chi connectivity index (χ0) is 50.7. The van der Waals surface area contributed by atoms with Crippen LogP contribution < -0.4 is 4.90 Å². The molecule has 1 aromatic heterocycles. The minimum Gasteiger partial charge on any atom is -0.310 e. The van der Waals surface area contributed by atoms with Crippen molar-refractivity contribution >= 4 is 60.4 Å². The highest BCUT2D eigenvalue weighted by atomic mass is 15.1. The van der Waals surface area contributed by atoms with Crippen LogP contribution in [0.25, 0.3) is 105 Å². The largest absolute Gasteiger partial charge is 0.310 e. The number of anilines is 3. The Balaban J connectivity index is 0.941. The molecule has 0 aliphatic heterocycles. The van der Waals surface area contributed by atoms with E-state index in [1.807, 2.05) is 36.4 Å². The predicted octanol–water partition coefficient (Wildman–Crippen LogP) is 18.9. The zero-order valence-corrected chi connectivity index (χ0v) is 38.1. The highest BCUT2D eigenvalue weighted by Crippen LogP contribution is 2.43. The molecule has 12 aromatic carbocycles. The number of hydrogen-bond donors (Lipinski definition) is 0. The molecule has 0 amide bonds. The van der Waals surface area contributed by atoms with Crippen molar-refractivity contribution in [3.63, 3.8) is 0 Å². The standard InChI is InChI=1S/C68H46N2/c1-4-14-47(15-5-1)51-26-34-60(35-27-51)69(63-44-58(48-16-6-2-7-17-48)43-59(45-63)49-18-8-3-9-19-49)61-36-28-53(29-37-61)57-33-40-65-66-41-32-54-21-12-13-23-64(54)68(66)70(67(65)46-57)62-38-30-52(31-39-62)56-25-24-50-20-10-11-22-55(50)42-56/h1-46H/i1D,4D,5D,14D,15D. The van der Waals surface area contributed by atoms with Crippen LogP contribution in [0.2, 0.25) is 0 Å². The van der Waals surface area contributed by atoms with Gasteiger partial charge in [-0.1, -0.05) is 212 Å². The van der Waals surface area contributed by atoms with Crippen molar-refractivity contribution in [2.75, 3.05) is 4.90 Å². The van der Waals surface area contributed by atoms with Gasteiger partial charge in [-0.25, -0.2) is 0 Å². The monoisotopic (exact) mass is 895 g/mol. The Morgan fingerprint density at radius 1 is 0.286 bits per heavy atom. The summed E-state index contributed by atoms with van der Waals surface area (Å²) in [5.74, 6) is 0. The summed E-state index contributed by atoms with van der Waals surface area (Å²) >= 11 is 0. The third-order valence-electron chi connectivity index (χ3n) is 13.6. The van der Waals surface area contributed by atoms with E-state index in [0.717, 1.165) is 67.2 Å². The molecule has 0 atom stereocenters. The molecule has 0 saturated heterocycles. The molecule has 1 heterocycles. The minimum absolute atomic E-state index is 0.170. The third-order valence-corrected chi connectivity index (χ3v) is 13.6. The highest BCUT2D eigenvalue weighted by molar-refractivity contribution is 6.19. The fourth-order valence-corrected chi connectivity index (χ4v) is 10.2. The summed E-state index contributed by atoms with van der Waals surface area (Å²) in [4.78, 5) is 2.22. The second kappa shape index (κ2) is 17.4. The first-order valence-electron chi connectivity index (χ1n) is 26.2. The molecule has 13 rings (SSSR count). The van der Waals surface area contributed by atoms with E-state index in [4.69, 9.17) is 6.85 Å². The number of hydrogen-bond acceptors (Lipinski definition) is 1. The highest BCUT2D eigenvalue weighted by Gasteiger charge is 2.19. The molecule has 0 spiro atoms. The SMILES string of the molecule is [2H]c1c([2H])c([2H])c(-c2ccc(N(c3ccc(-c4ccc5c6ccc7ccccc7c6n(-c6ccc(-c7ccc8ccccc8c7)cc6)c5c4)cc3)c3cc(-c4ccccc4)cc(-c4ccccc4)c3)cc2)c([2H])c1[2H]. The van der Waals surface area contributed by atoms with Gasteiger partial charge in [-0.3, -0.25) is 0 Å². The second-order valence-electron chi connectivity index (χ2n) is 17.8. The number of nitrogens with zero attached hydrogens (tertiary/aromatic N) is 2. The summed E-state index contributed by atoms with van der Waals surface area (Å²) in [6.07, 6.45) is 0. The number of rotatable bonds is 9. The van der Waals surface area contributed by atoms with Gasteiger partial charge in [0.2, 0.25) is 0 Å². The van der Waals surface area contributed by atoms with E-state index in [1.165, 1.54) is 43.4 Å². The smallest absolute Gasteiger partial charge is 0.0629 e. The van der Waals surface area contributed by atoms with Crippen LogP contribution in [0.3, 0.4) is 0 Å². The fraction of sp³-hybridized carbons (Fsp3) is 0. The molecule has 13 aromatic rings. The van der Waals surface area contributed by atoms with Gasteiger partial charge < -0.3 is 9.47 Å². The maximum Gasteiger partial charge on any atom is 0.0629 e. The zero-order valence-electron chi connectivity index (χ0n) is 43.1. The minimum atomic E-state index is -0.411. The van der Waals surface area contributed by atoms with Crippen molar-refractivity contribution in [3.8, 4) is 61.3 Å². The first-order valence-corrected chi connectivity index (χ1v) is 23.7. The lowest BCUT2D eigenvalue weighted by atomic mass is 9.97. The van der Waals surface area contributed by atoms with Crippen molar-refractivity contribution in [2.45, 2.75) is 0 Å². The van der Waals surface area contributed by atoms with Crippen molar-refractivity contribution in [1.29, 1.82) is 0 Å². The first kappa shape index (κ1) is 35.9. The molecule has 0 N–H and O–H groups in total. The van der Waals surface area contributed by atoms with Crippen molar-refractivity contribution in [3.05, 3.63) is 279 Å². The van der Waals surface area contributed by atoms with Gasteiger partial charge >= 0.3 is 0 Å². The van der Waals surface area contributed by atoms with Gasteiger partial charge in [-0.05, 0) is 139 Å². The summed E-state index contributed by atoms with van der Waals surface area (Å²) in [6.45, 7) is 0. The van der Waals surface area contributed by atoms with E-state index >= 15 is 0 Å². The summed E-state index contributed by atoms with van der Waals surface area (Å²) in [6, 6.07) is 86.2. The molecule has 0 aliphatic rings. The van der Waals surface area contributed by atoms with Crippen LogP contribution in [0.15, 0.2) is 279 Å².